The van der Waals surface area contributed by atoms with Gasteiger partial charge in [0.1, 0.15) is 5.69 Å². The van der Waals surface area contributed by atoms with E-state index in [1.54, 1.807) is 6.20 Å². The van der Waals surface area contributed by atoms with Crippen molar-refractivity contribution in [2.45, 2.75) is 6.54 Å². The predicted octanol–water partition coefficient (Wildman–Crippen LogP) is 1.20. The number of imidazole rings is 1. The van der Waals surface area contributed by atoms with Gasteiger partial charge in [-0.3, -0.25) is 4.98 Å². The summed E-state index contributed by atoms with van der Waals surface area (Å²) in [6.07, 6.45) is 3.79. The third-order valence-corrected chi connectivity index (χ3v) is 2.18. The summed E-state index contributed by atoms with van der Waals surface area (Å²) >= 11 is 0. The van der Waals surface area contributed by atoms with Crippen molar-refractivity contribution in [3.63, 3.8) is 0 Å². The molecule has 15 heavy (non-hydrogen) atoms. The van der Waals surface area contributed by atoms with E-state index in [9.17, 15) is 0 Å². The first-order chi connectivity index (χ1) is 7.31. The summed E-state index contributed by atoms with van der Waals surface area (Å²) in [6.45, 7) is 0.778. The fourth-order valence-electron chi connectivity index (χ4n) is 1.53. The number of hydrogen-bond acceptors (Lipinski definition) is 3. The second kappa shape index (κ2) is 4.23. The number of nitrogens with zero attached hydrogens (tertiary/aromatic N) is 3. The molecule has 4 heteroatoms. The Bertz CT molecular complexity index is 433. The Balaban J connectivity index is 2.36. The van der Waals surface area contributed by atoms with E-state index in [1.807, 2.05) is 43.1 Å². The van der Waals surface area contributed by atoms with Gasteiger partial charge in [0.2, 0.25) is 0 Å². The molecule has 4 nitrogen and oxygen atoms in total. The summed E-state index contributed by atoms with van der Waals surface area (Å²) in [5.41, 5.74) is 1.93. The minimum absolute atomic E-state index is 0.778. The second-order valence-corrected chi connectivity index (χ2v) is 3.41. The molecule has 0 aliphatic heterocycles. The van der Waals surface area contributed by atoms with E-state index in [4.69, 9.17) is 0 Å². The Morgan fingerprint density at radius 1 is 1.40 bits per heavy atom. The zero-order valence-corrected chi connectivity index (χ0v) is 8.94. The van der Waals surface area contributed by atoms with Crippen LogP contribution in [0.1, 0.15) is 5.69 Å². The Morgan fingerprint density at radius 3 is 2.93 bits per heavy atom. The van der Waals surface area contributed by atoms with Gasteiger partial charge in [-0.15, -0.1) is 0 Å². The standard InChI is InChI=1S/C11H14N4/c1-12-7-9-8-15(2)11(14-9)10-5-3-4-6-13-10/h3-6,8,12H,7H2,1-2H3. The van der Waals surface area contributed by atoms with Crippen molar-refractivity contribution in [3.05, 3.63) is 36.3 Å². The van der Waals surface area contributed by atoms with Crippen LogP contribution in [-0.4, -0.2) is 21.6 Å². The first kappa shape index (κ1) is 9.86. The maximum atomic E-state index is 4.51. The molecule has 2 aromatic heterocycles. The lowest BCUT2D eigenvalue weighted by Crippen LogP contribution is -2.04. The van der Waals surface area contributed by atoms with Crippen molar-refractivity contribution >= 4 is 0 Å². The normalized spacial score (nSPS) is 10.5. The first-order valence-corrected chi connectivity index (χ1v) is 4.89. The van der Waals surface area contributed by atoms with Crippen LogP contribution in [-0.2, 0) is 13.6 Å². The highest BCUT2D eigenvalue weighted by Gasteiger charge is 2.07. The molecule has 0 unspecified atom stereocenters. The Hall–Kier alpha value is -1.68. The molecule has 2 aromatic rings. The minimum Gasteiger partial charge on any atom is -0.332 e. The van der Waals surface area contributed by atoms with Crippen molar-refractivity contribution in [3.8, 4) is 11.5 Å². The van der Waals surface area contributed by atoms with E-state index in [-0.39, 0.29) is 0 Å². The van der Waals surface area contributed by atoms with Gasteiger partial charge in [0, 0.05) is 26.0 Å². The van der Waals surface area contributed by atoms with E-state index in [0.717, 1.165) is 23.8 Å². The lowest BCUT2D eigenvalue weighted by molar-refractivity contribution is 0.795. The molecule has 0 fully saturated rings. The number of hydrogen-bond donors (Lipinski definition) is 1. The van der Waals surface area contributed by atoms with E-state index < -0.39 is 0 Å². The van der Waals surface area contributed by atoms with Gasteiger partial charge in [-0.25, -0.2) is 4.98 Å². The molecule has 2 heterocycles. The van der Waals surface area contributed by atoms with Crippen molar-refractivity contribution in [1.82, 2.24) is 19.9 Å². The van der Waals surface area contributed by atoms with Gasteiger partial charge in [0.25, 0.3) is 0 Å². The molecule has 0 saturated heterocycles. The summed E-state index contributed by atoms with van der Waals surface area (Å²) in [4.78, 5) is 8.79. The van der Waals surface area contributed by atoms with E-state index in [2.05, 4.69) is 15.3 Å². The van der Waals surface area contributed by atoms with Gasteiger partial charge in [-0.05, 0) is 19.2 Å². The van der Waals surface area contributed by atoms with Crippen molar-refractivity contribution in [2.24, 2.45) is 7.05 Å². The lowest BCUT2D eigenvalue weighted by Gasteiger charge is -1.98. The van der Waals surface area contributed by atoms with Gasteiger partial charge in [0.15, 0.2) is 5.82 Å². The lowest BCUT2D eigenvalue weighted by atomic mass is 10.3. The quantitative estimate of drug-likeness (QED) is 0.813. The van der Waals surface area contributed by atoms with E-state index in [1.165, 1.54) is 0 Å². The number of pyridine rings is 1. The minimum atomic E-state index is 0.778. The Labute approximate surface area is 89.0 Å². The van der Waals surface area contributed by atoms with Crippen LogP contribution in [0.5, 0.6) is 0 Å². The summed E-state index contributed by atoms with van der Waals surface area (Å²) in [6, 6.07) is 5.83. The summed E-state index contributed by atoms with van der Waals surface area (Å²) in [5.74, 6) is 0.904. The monoisotopic (exact) mass is 202 g/mol. The van der Waals surface area contributed by atoms with Crippen LogP contribution in [0.15, 0.2) is 30.6 Å². The third-order valence-electron chi connectivity index (χ3n) is 2.18. The van der Waals surface area contributed by atoms with Gasteiger partial charge in [0.05, 0.1) is 5.69 Å². The molecule has 2 rings (SSSR count). The van der Waals surface area contributed by atoms with Crippen LogP contribution in [0.3, 0.4) is 0 Å². The van der Waals surface area contributed by atoms with Gasteiger partial charge in [-0.2, -0.15) is 0 Å². The van der Waals surface area contributed by atoms with Crippen LogP contribution in [0, 0.1) is 0 Å². The molecular formula is C11H14N4. The molecule has 1 N–H and O–H groups in total. The Kier molecular flexibility index (Phi) is 2.78. The summed E-state index contributed by atoms with van der Waals surface area (Å²) < 4.78 is 2.00. The summed E-state index contributed by atoms with van der Waals surface area (Å²) in [7, 11) is 3.89. The largest absolute Gasteiger partial charge is 0.332 e. The van der Waals surface area contributed by atoms with Gasteiger partial charge >= 0.3 is 0 Å². The molecule has 0 aliphatic rings. The molecule has 0 bridgehead atoms. The first-order valence-electron chi connectivity index (χ1n) is 4.89. The van der Waals surface area contributed by atoms with Crippen LogP contribution < -0.4 is 5.32 Å². The van der Waals surface area contributed by atoms with Crippen LogP contribution in [0.25, 0.3) is 11.5 Å². The van der Waals surface area contributed by atoms with Crippen molar-refractivity contribution in [2.75, 3.05) is 7.05 Å². The topological polar surface area (TPSA) is 42.7 Å². The highest BCUT2D eigenvalue weighted by Crippen LogP contribution is 2.14. The third kappa shape index (κ3) is 2.05. The number of nitrogens with one attached hydrogen (secondary N) is 1. The highest BCUT2D eigenvalue weighted by molar-refractivity contribution is 5.49. The molecule has 0 saturated carbocycles. The van der Waals surface area contributed by atoms with Crippen molar-refractivity contribution < 1.29 is 0 Å². The average Bonchev–Trinajstić information content (AvgIpc) is 2.61. The summed E-state index contributed by atoms with van der Waals surface area (Å²) in [5, 5.41) is 3.08. The SMILES string of the molecule is CNCc1cn(C)c(-c2ccccn2)n1. The molecule has 0 aliphatic carbocycles. The van der Waals surface area contributed by atoms with Crippen LogP contribution >= 0.6 is 0 Å². The maximum Gasteiger partial charge on any atom is 0.158 e. The van der Waals surface area contributed by atoms with Gasteiger partial charge in [-0.1, -0.05) is 6.07 Å². The molecule has 0 aromatic carbocycles. The zero-order chi connectivity index (χ0) is 10.7. The fraction of sp³-hybridized carbons (Fsp3) is 0.273. The number of aromatic nitrogens is 3. The van der Waals surface area contributed by atoms with E-state index in [0.29, 0.717) is 0 Å². The second-order valence-electron chi connectivity index (χ2n) is 3.41. The van der Waals surface area contributed by atoms with Crippen LogP contribution in [0.2, 0.25) is 0 Å². The van der Waals surface area contributed by atoms with Gasteiger partial charge < -0.3 is 9.88 Å². The predicted molar refractivity (Wildman–Crippen MR) is 59.2 cm³/mol. The smallest absolute Gasteiger partial charge is 0.158 e. The average molecular weight is 202 g/mol. The zero-order valence-electron chi connectivity index (χ0n) is 8.94. The Morgan fingerprint density at radius 2 is 2.27 bits per heavy atom. The molecule has 0 spiro atoms. The van der Waals surface area contributed by atoms with E-state index >= 15 is 0 Å². The number of rotatable bonds is 3. The van der Waals surface area contributed by atoms with Crippen LogP contribution in [0.4, 0.5) is 0 Å². The molecular weight excluding hydrogens is 188 g/mol. The molecule has 0 radical (unpaired) electrons. The molecule has 0 atom stereocenters. The highest BCUT2D eigenvalue weighted by atomic mass is 15.1. The number of aryl methyl sites for hydroxylation is 1. The maximum absolute atomic E-state index is 4.51. The molecule has 78 valence electrons. The fourth-order valence-corrected chi connectivity index (χ4v) is 1.53. The molecule has 0 amide bonds. The van der Waals surface area contributed by atoms with Crippen molar-refractivity contribution in [1.29, 1.82) is 0 Å².